The number of hydrogen-bond acceptors (Lipinski definition) is 2. The van der Waals surface area contributed by atoms with Crippen LogP contribution < -0.4 is 5.46 Å². The van der Waals surface area contributed by atoms with E-state index in [1.54, 1.807) is 0 Å². The highest BCUT2D eigenvalue weighted by Crippen LogP contribution is 2.28. The number of benzene rings is 1. The molecule has 1 saturated heterocycles. The Hall–Kier alpha value is -0.715. The molecule has 1 fully saturated rings. The molecule has 1 aliphatic rings. The second-order valence-electron chi connectivity index (χ2n) is 3.59. The van der Waals surface area contributed by atoms with Gasteiger partial charge in [0.2, 0.25) is 0 Å². The van der Waals surface area contributed by atoms with Crippen LogP contribution in [0.4, 0.5) is 13.2 Å². The van der Waals surface area contributed by atoms with E-state index in [0.717, 1.165) is 0 Å². The van der Waals surface area contributed by atoms with Crippen LogP contribution in [0.2, 0.25) is 5.02 Å². The third-order valence-corrected chi connectivity index (χ3v) is 2.79. The molecule has 0 atom stereocenters. The third-order valence-electron chi connectivity index (χ3n) is 2.46. The lowest BCUT2D eigenvalue weighted by molar-refractivity contribution is 0.140. The number of rotatable bonds is 2. The Kier molecular flexibility index (Phi) is 3.96. The minimum absolute atomic E-state index is 0.0376. The zero-order chi connectivity index (χ0) is 12.4. The van der Waals surface area contributed by atoms with E-state index in [0.29, 0.717) is 19.6 Å². The third kappa shape index (κ3) is 2.59. The SMILES string of the molecule is Fc1c(B2OCCCO2)ccc(Cl)c1C(F)F. The van der Waals surface area contributed by atoms with Crippen molar-refractivity contribution in [3.63, 3.8) is 0 Å². The molecule has 0 aliphatic carbocycles. The van der Waals surface area contributed by atoms with E-state index in [1.807, 2.05) is 0 Å². The molecule has 17 heavy (non-hydrogen) atoms. The van der Waals surface area contributed by atoms with Crippen molar-refractivity contribution in [3.8, 4) is 0 Å². The standard InChI is InChI=1S/C10H9BClF3O2/c12-7-3-2-6(9(13)8(7)10(14)15)11-16-4-1-5-17-11/h2-3,10H,1,4-5H2. The van der Waals surface area contributed by atoms with Crippen molar-refractivity contribution in [2.75, 3.05) is 13.2 Å². The molecule has 0 spiro atoms. The van der Waals surface area contributed by atoms with Gasteiger partial charge in [-0.3, -0.25) is 0 Å². The second kappa shape index (κ2) is 5.29. The summed E-state index contributed by atoms with van der Waals surface area (Å²) in [6.07, 6.45) is -2.26. The molecule has 0 aromatic heterocycles. The summed E-state index contributed by atoms with van der Waals surface area (Å²) in [4.78, 5) is 0. The first-order valence-electron chi connectivity index (χ1n) is 5.10. The van der Waals surface area contributed by atoms with Gasteiger partial charge in [0.25, 0.3) is 6.43 Å². The van der Waals surface area contributed by atoms with Gasteiger partial charge in [0.05, 0.1) is 10.6 Å². The first-order valence-corrected chi connectivity index (χ1v) is 5.48. The molecule has 0 radical (unpaired) electrons. The van der Waals surface area contributed by atoms with Crippen molar-refractivity contribution in [2.45, 2.75) is 12.8 Å². The highest BCUT2D eigenvalue weighted by atomic mass is 35.5. The lowest BCUT2D eigenvalue weighted by atomic mass is 9.77. The summed E-state index contributed by atoms with van der Waals surface area (Å²) < 4.78 is 49.4. The maximum atomic E-state index is 13.8. The van der Waals surface area contributed by atoms with Crippen LogP contribution in [0.1, 0.15) is 18.4 Å². The van der Waals surface area contributed by atoms with Gasteiger partial charge >= 0.3 is 7.12 Å². The minimum Gasteiger partial charge on any atom is -0.407 e. The van der Waals surface area contributed by atoms with Gasteiger partial charge in [-0.05, 0) is 12.5 Å². The van der Waals surface area contributed by atoms with Crippen molar-refractivity contribution in [2.24, 2.45) is 0 Å². The smallest absolute Gasteiger partial charge is 0.407 e. The highest BCUT2D eigenvalue weighted by molar-refractivity contribution is 6.61. The van der Waals surface area contributed by atoms with Crippen molar-refractivity contribution in [1.29, 1.82) is 0 Å². The van der Waals surface area contributed by atoms with Gasteiger partial charge in [0.15, 0.2) is 0 Å². The van der Waals surface area contributed by atoms with E-state index < -0.39 is 24.9 Å². The second-order valence-corrected chi connectivity index (χ2v) is 4.00. The molecule has 1 aliphatic heterocycles. The molecule has 0 saturated carbocycles. The highest BCUT2D eigenvalue weighted by Gasteiger charge is 2.31. The van der Waals surface area contributed by atoms with E-state index in [9.17, 15) is 13.2 Å². The molecule has 7 heteroatoms. The average molecular weight is 264 g/mol. The Morgan fingerprint density at radius 2 is 1.88 bits per heavy atom. The molecule has 0 N–H and O–H groups in total. The van der Waals surface area contributed by atoms with Crippen LogP contribution in [-0.2, 0) is 9.31 Å². The van der Waals surface area contributed by atoms with Crippen molar-refractivity contribution in [1.82, 2.24) is 0 Å². The predicted molar refractivity (Wildman–Crippen MR) is 58.3 cm³/mol. The van der Waals surface area contributed by atoms with E-state index in [1.165, 1.54) is 12.1 Å². The summed E-state index contributed by atoms with van der Waals surface area (Å²) in [5.74, 6) is -1.06. The molecular weight excluding hydrogens is 255 g/mol. The number of halogens is 4. The Bertz CT molecular complexity index is 411. The van der Waals surface area contributed by atoms with Gasteiger partial charge in [-0.1, -0.05) is 17.7 Å². The summed E-state index contributed by atoms with van der Waals surface area (Å²) in [5.41, 5.74) is -0.841. The van der Waals surface area contributed by atoms with Crippen LogP contribution in [0.25, 0.3) is 0 Å². The Morgan fingerprint density at radius 3 is 2.47 bits per heavy atom. The summed E-state index contributed by atoms with van der Waals surface area (Å²) >= 11 is 5.53. The maximum Gasteiger partial charge on any atom is 0.496 e. The van der Waals surface area contributed by atoms with Gasteiger partial charge in [0.1, 0.15) is 5.82 Å². The van der Waals surface area contributed by atoms with E-state index >= 15 is 0 Å². The lowest BCUT2D eigenvalue weighted by Crippen LogP contribution is -2.43. The maximum absolute atomic E-state index is 13.8. The molecule has 2 nitrogen and oxygen atoms in total. The van der Waals surface area contributed by atoms with Crippen molar-refractivity contribution < 1.29 is 22.5 Å². The molecule has 2 rings (SSSR count). The van der Waals surface area contributed by atoms with Gasteiger partial charge in [-0.2, -0.15) is 0 Å². The number of hydrogen-bond donors (Lipinski definition) is 0. The zero-order valence-electron chi connectivity index (χ0n) is 8.76. The fourth-order valence-electron chi connectivity index (χ4n) is 1.64. The van der Waals surface area contributed by atoms with Crippen molar-refractivity contribution in [3.05, 3.63) is 28.5 Å². The zero-order valence-corrected chi connectivity index (χ0v) is 9.52. The fourth-order valence-corrected chi connectivity index (χ4v) is 1.86. The Morgan fingerprint density at radius 1 is 1.24 bits per heavy atom. The number of alkyl halides is 2. The quantitative estimate of drug-likeness (QED) is 0.764. The first-order chi connectivity index (χ1) is 8.11. The lowest BCUT2D eigenvalue weighted by Gasteiger charge is -2.21. The molecule has 1 heterocycles. The topological polar surface area (TPSA) is 18.5 Å². The fraction of sp³-hybridized carbons (Fsp3) is 0.400. The molecule has 1 aromatic carbocycles. The monoisotopic (exact) mass is 264 g/mol. The van der Waals surface area contributed by atoms with Gasteiger partial charge < -0.3 is 9.31 Å². The van der Waals surface area contributed by atoms with Crippen LogP contribution in [-0.4, -0.2) is 20.3 Å². The summed E-state index contributed by atoms with van der Waals surface area (Å²) in [6, 6.07) is 2.53. The Labute approximate surface area is 102 Å². The van der Waals surface area contributed by atoms with Crippen LogP contribution in [0.3, 0.4) is 0 Å². The molecule has 0 unspecified atom stereocenters. The Balaban J connectivity index is 2.37. The van der Waals surface area contributed by atoms with Gasteiger partial charge in [-0.15, -0.1) is 0 Å². The predicted octanol–water partition coefficient (Wildman–Crippen LogP) is 2.55. The van der Waals surface area contributed by atoms with E-state index in [2.05, 4.69) is 0 Å². The van der Waals surface area contributed by atoms with Gasteiger partial charge in [0, 0.05) is 18.7 Å². The average Bonchev–Trinajstić information content (AvgIpc) is 2.30. The van der Waals surface area contributed by atoms with Crippen molar-refractivity contribution >= 4 is 24.2 Å². The van der Waals surface area contributed by atoms with Crippen LogP contribution >= 0.6 is 11.6 Å². The molecule has 0 amide bonds. The van der Waals surface area contributed by atoms with Gasteiger partial charge in [-0.25, -0.2) is 13.2 Å². The van der Waals surface area contributed by atoms with Crippen LogP contribution in [0.15, 0.2) is 12.1 Å². The molecule has 0 bridgehead atoms. The molecule has 92 valence electrons. The first kappa shape index (κ1) is 12.7. The van der Waals surface area contributed by atoms with Crippen LogP contribution in [0, 0.1) is 5.82 Å². The molecule has 1 aromatic rings. The van der Waals surface area contributed by atoms with E-state index in [-0.39, 0.29) is 10.5 Å². The summed E-state index contributed by atoms with van der Waals surface area (Å²) in [6.45, 7) is 0.827. The molecular formula is C10H9BClF3O2. The summed E-state index contributed by atoms with van der Waals surface area (Å²) in [5, 5.41) is -0.294. The minimum atomic E-state index is -2.97. The largest absolute Gasteiger partial charge is 0.496 e. The van der Waals surface area contributed by atoms with E-state index in [4.69, 9.17) is 20.9 Å². The normalized spacial score (nSPS) is 16.6. The summed E-state index contributed by atoms with van der Waals surface area (Å²) in [7, 11) is -0.932. The van der Waals surface area contributed by atoms with Crippen LogP contribution in [0.5, 0.6) is 0 Å².